The van der Waals surface area contributed by atoms with Crippen LogP contribution in [0, 0.1) is 0 Å². The highest BCUT2D eigenvalue weighted by atomic mass is 35.5. The number of piperazine rings is 1. The fraction of sp³-hybridized carbons (Fsp3) is 0.412. The molecule has 1 amide bonds. The lowest BCUT2D eigenvalue weighted by Crippen LogP contribution is -2.48. The molecule has 3 rings (SSSR count). The second kappa shape index (κ2) is 8.77. The molecule has 1 fully saturated rings. The van der Waals surface area contributed by atoms with Crippen LogP contribution in [0.15, 0.2) is 33.5 Å². The first kappa shape index (κ1) is 19.0. The van der Waals surface area contributed by atoms with Crippen molar-refractivity contribution in [1.82, 2.24) is 14.2 Å². The quantitative estimate of drug-likeness (QED) is 0.686. The van der Waals surface area contributed by atoms with Crippen LogP contribution in [0.2, 0.25) is 5.02 Å². The summed E-state index contributed by atoms with van der Waals surface area (Å²) in [6.45, 7) is 4.02. The highest BCUT2D eigenvalue weighted by molar-refractivity contribution is 8.01. The predicted molar refractivity (Wildman–Crippen MR) is 108 cm³/mol. The zero-order valence-electron chi connectivity index (χ0n) is 14.2. The van der Waals surface area contributed by atoms with Gasteiger partial charge in [0.25, 0.3) is 5.91 Å². The maximum absolute atomic E-state index is 13.0. The number of hydrogen-bond acceptors (Lipinski definition) is 6. The number of aromatic nitrogens is 1. The summed E-state index contributed by atoms with van der Waals surface area (Å²) < 4.78 is 5.42. The molecule has 4 nitrogen and oxygen atoms in total. The van der Waals surface area contributed by atoms with Gasteiger partial charge >= 0.3 is 0 Å². The van der Waals surface area contributed by atoms with E-state index in [1.807, 2.05) is 35.6 Å². The van der Waals surface area contributed by atoms with Crippen LogP contribution >= 0.6 is 46.7 Å². The second-order valence-corrected chi connectivity index (χ2v) is 8.77. The van der Waals surface area contributed by atoms with Gasteiger partial charge in [-0.05, 0) is 35.7 Å². The highest BCUT2D eigenvalue weighted by Crippen LogP contribution is 2.33. The molecule has 1 aromatic heterocycles. The molecular formula is C17H20ClN3OS3. The molecular weight excluding hydrogens is 394 g/mol. The lowest BCUT2D eigenvalue weighted by atomic mass is 10.2. The fourth-order valence-corrected chi connectivity index (χ4v) is 5.31. The smallest absolute Gasteiger partial charge is 0.258 e. The lowest BCUT2D eigenvalue weighted by Gasteiger charge is -2.35. The standard InChI is InChI=1S/C17H20ClN3OS3/c1-23-15-14(17(24-2)25-19-15)16(22)21-9-7-20(8-10-21)11-12-5-3-4-6-13(12)18/h3-6H,7-11H2,1-2H3. The molecule has 0 unspecified atom stereocenters. The molecule has 1 aliphatic heterocycles. The van der Waals surface area contributed by atoms with Gasteiger partial charge in [-0.25, -0.2) is 0 Å². The Morgan fingerprint density at radius 3 is 2.56 bits per heavy atom. The summed E-state index contributed by atoms with van der Waals surface area (Å²) in [6, 6.07) is 7.95. The molecule has 8 heteroatoms. The minimum Gasteiger partial charge on any atom is -0.336 e. The van der Waals surface area contributed by atoms with E-state index in [0.717, 1.165) is 58.1 Å². The van der Waals surface area contributed by atoms with Crippen LogP contribution in [0.5, 0.6) is 0 Å². The third-order valence-corrected chi connectivity index (χ3v) is 7.34. The number of carbonyl (C=O) groups excluding carboxylic acids is 1. The minimum absolute atomic E-state index is 0.111. The Hall–Kier alpha value is -0.730. The molecule has 0 radical (unpaired) electrons. The molecule has 1 aliphatic rings. The third-order valence-electron chi connectivity index (χ3n) is 4.23. The monoisotopic (exact) mass is 413 g/mol. The number of nitrogens with zero attached hydrogens (tertiary/aromatic N) is 3. The molecule has 1 aromatic carbocycles. The number of halogens is 1. The Balaban J connectivity index is 1.63. The number of hydrogen-bond donors (Lipinski definition) is 0. The molecule has 25 heavy (non-hydrogen) atoms. The van der Waals surface area contributed by atoms with Gasteiger partial charge in [-0.2, -0.15) is 4.37 Å². The number of thioether (sulfide) groups is 2. The zero-order valence-corrected chi connectivity index (χ0v) is 17.4. The van der Waals surface area contributed by atoms with Crippen molar-refractivity contribution in [1.29, 1.82) is 0 Å². The van der Waals surface area contributed by atoms with E-state index >= 15 is 0 Å². The molecule has 0 atom stereocenters. The van der Waals surface area contributed by atoms with Gasteiger partial charge in [-0.1, -0.05) is 29.8 Å². The number of carbonyl (C=O) groups is 1. The average Bonchev–Trinajstić information content (AvgIpc) is 3.07. The van der Waals surface area contributed by atoms with Crippen molar-refractivity contribution in [2.45, 2.75) is 15.8 Å². The van der Waals surface area contributed by atoms with Gasteiger partial charge in [0.15, 0.2) is 0 Å². The third kappa shape index (κ3) is 4.34. The van der Waals surface area contributed by atoms with Crippen molar-refractivity contribution in [2.75, 3.05) is 38.7 Å². The summed E-state index contributed by atoms with van der Waals surface area (Å²) >= 11 is 10.8. The summed E-state index contributed by atoms with van der Waals surface area (Å²) in [6.07, 6.45) is 3.97. The Morgan fingerprint density at radius 1 is 1.20 bits per heavy atom. The molecule has 134 valence electrons. The number of benzene rings is 1. The van der Waals surface area contributed by atoms with Gasteiger partial charge < -0.3 is 4.90 Å². The molecule has 0 N–H and O–H groups in total. The van der Waals surface area contributed by atoms with Crippen LogP contribution in [0.25, 0.3) is 0 Å². The number of rotatable bonds is 5. The van der Waals surface area contributed by atoms with Crippen molar-refractivity contribution in [3.63, 3.8) is 0 Å². The topological polar surface area (TPSA) is 36.4 Å². The van der Waals surface area contributed by atoms with E-state index in [-0.39, 0.29) is 5.91 Å². The fourth-order valence-electron chi connectivity index (χ4n) is 2.85. The van der Waals surface area contributed by atoms with Crippen LogP contribution in [-0.2, 0) is 6.54 Å². The SMILES string of the molecule is CSc1nsc(SC)c1C(=O)N1CCN(Cc2ccccc2Cl)CC1. The molecule has 2 aromatic rings. The van der Waals surface area contributed by atoms with Crippen LogP contribution in [0.4, 0.5) is 0 Å². The van der Waals surface area contributed by atoms with Crippen LogP contribution < -0.4 is 0 Å². The van der Waals surface area contributed by atoms with Gasteiger partial charge in [0.1, 0.15) is 5.03 Å². The van der Waals surface area contributed by atoms with Gasteiger partial charge in [0.05, 0.1) is 9.77 Å². The maximum atomic E-state index is 13.0. The first-order chi connectivity index (χ1) is 12.1. The Morgan fingerprint density at radius 2 is 1.92 bits per heavy atom. The first-order valence-electron chi connectivity index (χ1n) is 7.96. The Labute approximate surface area is 166 Å². The minimum atomic E-state index is 0.111. The van der Waals surface area contributed by atoms with Crippen molar-refractivity contribution < 1.29 is 4.79 Å². The van der Waals surface area contributed by atoms with E-state index in [1.54, 1.807) is 23.5 Å². The largest absolute Gasteiger partial charge is 0.336 e. The van der Waals surface area contributed by atoms with Crippen LogP contribution in [-0.4, -0.2) is 58.8 Å². The molecule has 0 saturated carbocycles. The molecule has 1 saturated heterocycles. The summed E-state index contributed by atoms with van der Waals surface area (Å²) in [4.78, 5) is 17.3. The molecule has 0 spiro atoms. The molecule has 2 heterocycles. The van der Waals surface area contributed by atoms with Crippen LogP contribution in [0.3, 0.4) is 0 Å². The molecule has 0 bridgehead atoms. The van der Waals surface area contributed by atoms with Gasteiger partial charge in [0, 0.05) is 37.7 Å². The average molecular weight is 414 g/mol. The lowest BCUT2D eigenvalue weighted by molar-refractivity contribution is 0.0622. The zero-order chi connectivity index (χ0) is 17.8. The van der Waals surface area contributed by atoms with Crippen molar-refractivity contribution in [3.05, 3.63) is 40.4 Å². The number of amides is 1. The van der Waals surface area contributed by atoms with E-state index in [2.05, 4.69) is 15.3 Å². The summed E-state index contributed by atoms with van der Waals surface area (Å²) in [5.41, 5.74) is 1.92. The highest BCUT2D eigenvalue weighted by Gasteiger charge is 2.28. The van der Waals surface area contributed by atoms with Gasteiger partial charge in [0.2, 0.25) is 0 Å². The first-order valence-corrected chi connectivity index (χ1v) is 11.6. The maximum Gasteiger partial charge on any atom is 0.258 e. The summed E-state index contributed by atoms with van der Waals surface area (Å²) in [7, 11) is 0. The van der Waals surface area contributed by atoms with Crippen LogP contribution in [0.1, 0.15) is 15.9 Å². The molecule has 0 aliphatic carbocycles. The van der Waals surface area contributed by atoms with Crippen molar-refractivity contribution >= 4 is 52.6 Å². The van der Waals surface area contributed by atoms with Crippen molar-refractivity contribution in [3.8, 4) is 0 Å². The van der Waals surface area contributed by atoms with E-state index in [9.17, 15) is 4.79 Å². The van der Waals surface area contributed by atoms with Crippen molar-refractivity contribution in [2.24, 2.45) is 0 Å². The predicted octanol–water partition coefficient (Wildman–Crippen LogP) is 4.20. The van der Waals surface area contributed by atoms with E-state index in [0.29, 0.717) is 0 Å². The second-order valence-electron chi connectivity index (χ2n) is 5.72. The summed E-state index contributed by atoms with van der Waals surface area (Å²) in [5, 5.41) is 1.65. The van der Waals surface area contributed by atoms with Gasteiger partial charge in [-0.15, -0.1) is 23.5 Å². The Kier molecular flexibility index (Phi) is 6.68. The van der Waals surface area contributed by atoms with E-state index < -0.39 is 0 Å². The van der Waals surface area contributed by atoms with E-state index in [4.69, 9.17) is 11.6 Å². The Bertz CT molecular complexity index is 723. The van der Waals surface area contributed by atoms with Gasteiger partial charge in [-0.3, -0.25) is 9.69 Å². The summed E-state index contributed by atoms with van der Waals surface area (Å²) in [5.74, 6) is 0.111. The normalized spacial score (nSPS) is 15.6. The van der Waals surface area contributed by atoms with E-state index in [1.165, 1.54) is 11.5 Å².